The summed E-state index contributed by atoms with van der Waals surface area (Å²) in [5.74, 6) is 0.277. The number of alkyl halides is 3. The van der Waals surface area contributed by atoms with E-state index in [1.807, 2.05) is 0 Å². The number of carbonyl (C=O) groups is 1. The second-order valence-electron chi connectivity index (χ2n) is 8.45. The lowest BCUT2D eigenvalue weighted by molar-refractivity contribution is -0.153. The number of aromatic nitrogens is 1. The van der Waals surface area contributed by atoms with Crippen LogP contribution in [0.4, 0.5) is 23.7 Å². The van der Waals surface area contributed by atoms with E-state index < -0.39 is 18.0 Å². The maximum atomic E-state index is 12.7. The van der Waals surface area contributed by atoms with E-state index in [0.29, 0.717) is 5.88 Å². The van der Waals surface area contributed by atoms with E-state index in [9.17, 15) is 18.0 Å². The summed E-state index contributed by atoms with van der Waals surface area (Å²) in [5.41, 5.74) is 0.714. The van der Waals surface area contributed by atoms with Crippen molar-refractivity contribution >= 4 is 11.7 Å². The van der Waals surface area contributed by atoms with Gasteiger partial charge in [-0.15, -0.1) is 0 Å². The molecule has 1 aliphatic heterocycles. The monoisotopic (exact) mass is 452 g/mol. The van der Waals surface area contributed by atoms with E-state index in [4.69, 9.17) is 4.74 Å². The van der Waals surface area contributed by atoms with Gasteiger partial charge in [-0.2, -0.15) is 13.2 Å². The van der Waals surface area contributed by atoms with Crippen LogP contribution in [0.15, 0.2) is 28.8 Å². The normalized spacial score (nSPS) is 17.9. The molecule has 0 unspecified atom stereocenters. The third-order valence-corrected chi connectivity index (χ3v) is 5.73. The fraction of sp³-hybridized carbons (Fsp3) is 0.545. The van der Waals surface area contributed by atoms with Crippen LogP contribution >= 0.6 is 0 Å². The molecule has 1 saturated carbocycles. The molecular formula is C22H27F3N4O3. The standard InChI is InChI=1S/C22H27F3N4O3/c1-14-18(10-19(31-14)22(23,24)25)28-21(30)27-12-16-4-5-20(26-11-16)32-17-6-8-29(9-7-17)13-15-2-3-15/h4-5,10-11,15,17H,2-3,6-9,12-13H2,1H3,(H2,27,28,30). The van der Waals surface area contributed by atoms with Gasteiger partial charge in [-0.25, -0.2) is 9.78 Å². The largest absolute Gasteiger partial charge is 0.474 e. The number of piperidine rings is 1. The van der Waals surface area contributed by atoms with Crippen LogP contribution in [0, 0.1) is 12.8 Å². The highest BCUT2D eigenvalue weighted by atomic mass is 19.4. The van der Waals surface area contributed by atoms with Crippen LogP contribution in [-0.4, -0.2) is 41.7 Å². The number of likely N-dealkylation sites (tertiary alicyclic amines) is 1. The third kappa shape index (κ3) is 6.15. The lowest BCUT2D eigenvalue weighted by atomic mass is 10.1. The van der Waals surface area contributed by atoms with Crippen molar-refractivity contribution in [1.82, 2.24) is 15.2 Å². The molecule has 174 valence electrons. The molecule has 2 amide bonds. The highest BCUT2D eigenvalue weighted by Crippen LogP contribution is 2.34. The Morgan fingerprint density at radius 1 is 1.25 bits per heavy atom. The fourth-order valence-electron chi connectivity index (χ4n) is 3.73. The molecule has 10 heteroatoms. The quantitative estimate of drug-likeness (QED) is 0.643. The van der Waals surface area contributed by atoms with E-state index >= 15 is 0 Å². The van der Waals surface area contributed by atoms with E-state index in [0.717, 1.165) is 43.5 Å². The number of nitrogens with one attached hydrogen (secondary N) is 2. The third-order valence-electron chi connectivity index (χ3n) is 5.73. The highest BCUT2D eigenvalue weighted by molar-refractivity contribution is 5.89. The predicted octanol–water partition coefficient (Wildman–Crippen LogP) is 4.58. The lowest BCUT2D eigenvalue weighted by Gasteiger charge is -2.31. The minimum atomic E-state index is -4.61. The number of carbonyl (C=O) groups excluding carboxylic acids is 1. The number of amides is 2. The minimum absolute atomic E-state index is 0.0194. The van der Waals surface area contributed by atoms with Gasteiger partial charge in [0.1, 0.15) is 11.9 Å². The molecule has 1 saturated heterocycles. The number of urea groups is 1. The van der Waals surface area contributed by atoms with Gasteiger partial charge in [0.05, 0.1) is 5.69 Å². The first kappa shape index (κ1) is 22.4. The van der Waals surface area contributed by atoms with Gasteiger partial charge in [0.15, 0.2) is 0 Å². The van der Waals surface area contributed by atoms with Crippen LogP contribution in [0.5, 0.6) is 5.88 Å². The molecule has 0 radical (unpaired) electrons. The predicted molar refractivity (Wildman–Crippen MR) is 111 cm³/mol. The number of hydrogen-bond donors (Lipinski definition) is 2. The van der Waals surface area contributed by atoms with E-state index in [1.54, 1.807) is 18.3 Å². The maximum Gasteiger partial charge on any atom is 0.449 e. The summed E-state index contributed by atoms with van der Waals surface area (Å²) in [7, 11) is 0. The number of halogens is 3. The average Bonchev–Trinajstić information content (AvgIpc) is 3.49. The topological polar surface area (TPSA) is 79.6 Å². The van der Waals surface area contributed by atoms with Crippen molar-refractivity contribution in [3.05, 3.63) is 41.5 Å². The summed E-state index contributed by atoms with van der Waals surface area (Å²) in [6.45, 7) is 4.84. The first-order valence-electron chi connectivity index (χ1n) is 10.8. The van der Waals surface area contributed by atoms with Crippen molar-refractivity contribution in [2.24, 2.45) is 5.92 Å². The number of rotatable bonds is 7. The second kappa shape index (κ2) is 9.40. The van der Waals surface area contributed by atoms with Crippen LogP contribution in [0.3, 0.4) is 0 Å². The zero-order chi connectivity index (χ0) is 22.7. The Morgan fingerprint density at radius 2 is 2.00 bits per heavy atom. The maximum absolute atomic E-state index is 12.7. The Kier molecular flexibility index (Phi) is 6.59. The minimum Gasteiger partial charge on any atom is -0.474 e. The van der Waals surface area contributed by atoms with Crippen LogP contribution < -0.4 is 15.4 Å². The van der Waals surface area contributed by atoms with Crippen LogP contribution in [0.25, 0.3) is 0 Å². The van der Waals surface area contributed by atoms with Crippen molar-refractivity contribution in [2.45, 2.75) is 51.4 Å². The average molecular weight is 452 g/mol. The van der Waals surface area contributed by atoms with E-state index in [-0.39, 0.29) is 24.1 Å². The number of anilines is 1. The van der Waals surface area contributed by atoms with Crippen molar-refractivity contribution in [2.75, 3.05) is 25.0 Å². The number of nitrogens with zero attached hydrogens (tertiary/aromatic N) is 2. The number of furan rings is 1. The van der Waals surface area contributed by atoms with Gasteiger partial charge in [-0.3, -0.25) is 0 Å². The molecule has 4 rings (SSSR count). The summed E-state index contributed by atoms with van der Waals surface area (Å²) in [4.78, 5) is 18.9. The lowest BCUT2D eigenvalue weighted by Crippen LogP contribution is -2.39. The van der Waals surface area contributed by atoms with Gasteiger partial charge in [-0.05, 0) is 44.1 Å². The molecule has 0 aromatic carbocycles. The molecule has 2 fully saturated rings. The molecular weight excluding hydrogens is 425 g/mol. The van der Waals surface area contributed by atoms with Gasteiger partial charge in [-0.1, -0.05) is 6.07 Å². The molecule has 0 atom stereocenters. The zero-order valence-corrected chi connectivity index (χ0v) is 17.9. The van der Waals surface area contributed by atoms with Crippen LogP contribution in [0.1, 0.15) is 42.8 Å². The van der Waals surface area contributed by atoms with Gasteiger partial charge >= 0.3 is 12.2 Å². The Morgan fingerprint density at radius 3 is 2.59 bits per heavy atom. The van der Waals surface area contributed by atoms with E-state index in [1.165, 1.54) is 26.3 Å². The highest BCUT2D eigenvalue weighted by Gasteiger charge is 2.36. The Balaban J connectivity index is 1.20. The van der Waals surface area contributed by atoms with Gasteiger partial charge in [0.2, 0.25) is 11.6 Å². The van der Waals surface area contributed by atoms with Crippen LogP contribution in [-0.2, 0) is 12.7 Å². The second-order valence-corrected chi connectivity index (χ2v) is 8.45. The van der Waals surface area contributed by atoms with Crippen LogP contribution in [0.2, 0.25) is 0 Å². The molecule has 0 bridgehead atoms. The van der Waals surface area contributed by atoms with Crippen molar-refractivity contribution in [3.63, 3.8) is 0 Å². The molecule has 2 aromatic rings. The van der Waals surface area contributed by atoms with Crippen molar-refractivity contribution in [1.29, 1.82) is 0 Å². The Bertz CT molecular complexity index is 917. The van der Waals surface area contributed by atoms with Gasteiger partial charge in [0, 0.05) is 44.5 Å². The smallest absolute Gasteiger partial charge is 0.449 e. The number of hydrogen-bond acceptors (Lipinski definition) is 5. The molecule has 7 nitrogen and oxygen atoms in total. The van der Waals surface area contributed by atoms with Gasteiger partial charge in [0.25, 0.3) is 0 Å². The molecule has 2 aliphatic rings. The molecule has 2 aromatic heterocycles. The van der Waals surface area contributed by atoms with E-state index in [2.05, 4.69) is 24.9 Å². The summed E-state index contributed by atoms with van der Waals surface area (Å²) < 4.78 is 48.7. The molecule has 1 aliphatic carbocycles. The fourth-order valence-corrected chi connectivity index (χ4v) is 3.73. The Hall–Kier alpha value is -2.75. The summed E-state index contributed by atoms with van der Waals surface area (Å²) in [6.07, 6.45) is 1.87. The SMILES string of the molecule is Cc1oc(C(F)(F)F)cc1NC(=O)NCc1ccc(OC2CCN(CC3CC3)CC2)nc1. The van der Waals surface area contributed by atoms with Gasteiger partial charge < -0.3 is 24.7 Å². The number of pyridine rings is 1. The van der Waals surface area contributed by atoms with Crippen molar-refractivity contribution in [3.8, 4) is 5.88 Å². The molecule has 2 N–H and O–H groups in total. The first-order valence-corrected chi connectivity index (χ1v) is 10.8. The summed E-state index contributed by atoms with van der Waals surface area (Å²) >= 11 is 0. The molecule has 32 heavy (non-hydrogen) atoms. The zero-order valence-electron chi connectivity index (χ0n) is 17.9. The number of ether oxygens (including phenoxy) is 1. The first-order chi connectivity index (χ1) is 15.3. The summed E-state index contributed by atoms with van der Waals surface area (Å²) in [5, 5.41) is 4.95. The molecule has 3 heterocycles. The number of aryl methyl sites for hydroxylation is 1. The Labute approximate surface area is 184 Å². The molecule has 0 spiro atoms. The summed E-state index contributed by atoms with van der Waals surface area (Å²) in [6, 6.07) is 3.69. The van der Waals surface area contributed by atoms with Crippen molar-refractivity contribution < 1.29 is 27.1 Å².